The first-order valence-corrected chi connectivity index (χ1v) is 1.83. The van der Waals surface area contributed by atoms with Crippen LogP contribution in [0.25, 0.3) is 0 Å². The zero-order valence-electron chi connectivity index (χ0n) is 4.00. The van der Waals surface area contributed by atoms with Crippen LogP contribution in [0.5, 0.6) is 0 Å². The average molecular weight is 115 g/mol. The summed E-state index contributed by atoms with van der Waals surface area (Å²) in [5.41, 5.74) is 4.47. The van der Waals surface area contributed by atoms with E-state index in [1.807, 2.05) is 0 Å². The number of carbonyl (C=O) groups excluding carboxylic acids is 2. The average Bonchev–Trinajstić information content (AvgIpc) is 1.67. The second-order valence-electron chi connectivity index (χ2n) is 1.04. The van der Waals surface area contributed by atoms with Gasteiger partial charge in [-0.05, 0) is 0 Å². The number of primary amides is 1. The number of hydrogen-bond acceptors (Lipinski definition) is 3. The predicted octanol–water partition coefficient (Wildman–Crippen LogP) is -0.888. The maximum Gasteiger partial charge on any atom is 0.289 e. The van der Waals surface area contributed by atoms with Crippen LogP contribution in [0.1, 0.15) is 0 Å². The molecule has 0 rings (SSSR count). The van der Waals surface area contributed by atoms with Crippen LogP contribution in [-0.4, -0.2) is 16.8 Å². The van der Waals surface area contributed by atoms with E-state index in [1.165, 1.54) is 0 Å². The summed E-state index contributed by atoms with van der Waals surface area (Å²) in [6.45, 7) is 0. The zero-order valence-corrected chi connectivity index (χ0v) is 4.00. The van der Waals surface area contributed by atoms with Crippen molar-refractivity contribution in [2.24, 2.45) is 5.73 Å². The van der Waals surface area contributed by atoms with Crippen molar-refractivity contribution in [3.63, 3.8) is 0 Å². The fourth-order valence-electron chi connectivity index (χ4n) is 0.150. The van der Waals surface area contributed by atoms with Gasteiger partial charge in [0.25, 0.3) is 5.91 Å². The molecule has 44 valence electrons. The number of ketones is 1. The Hall–Kier alpha value is -1.32. The summed E-state index contributed by atoms with van der Waals surface area (Å²) < 4.78 is 0. The molecule has 0 aliphatic rings. The van der Waals surface area contributed by atoms with Crippen molar-refractivity contribution in [1.29, 1.82) is 0 Å². The Balaban J connectivity index is 3.85. The molecular formula is C4H5NO3. The molecule has 0 heterocycles. The second-order valence-corrected chi connectivity index (χ2v) is 1.04. The molecule has 4 nitrogen and oxygen atoms in total. The molecule has 0 unspecified atom stereocenters. The topological polar surface area (TPSA) is 80.4 Å². The Labute approximate surface area is 45.6 Å². The van der Waals surface area contributed by atoms with E-state index in [-0.39, 0.29) is 0 Å². The van der Waals surface area contributed by atoms with E-state index in [1.54, 1.807) is 0 Å². The van der Waals surface area contributed by atoms with Gasteiger partial charge < -0.3 is 10.8 Å². The predicted molar refractivity (Wildman–Crippen MR) is 26.0 cm³/mol. The minimum absolute atomic E-state index is 0.465. The lowest BCUT2D eigenvalue weighted by Crippen LogP contribution is -2.20. The fourth-order valence-corrected chi connectivity index (χ4v) is 0.150. The smallest absolute Gasteiger partial charge is 0.289 e. The van der Waals surface area contributed by atoms with E-state index >= 15 is 0 Å². The summed E-state index contributed by atoms with van der Waals surface area (Å²) in [6, 6.07) is 0. The molecule has 0 fully saturated rings. The minimum Gasteiger partial charge on any atom is -0.515 e. The monoisotopic (exact) mass is 115 g/mol. The van der Waals surface area contributed by atoms with Crippen LogP contribution in [0.4, 0.5) is 0 Å². The molecule has 0 bridgehead atoms. The normalized spacial score (nSPS) is 9.50. The summed E-state index contributed by atoms with van der Waals surface area (Å²) in [5, 5.41) is 7.88. The Bertz CT molecular complexity index is 138. The molecule has 0 saturated carbocycles. The van der Waals surface area contributed by atoms with Gasteiger partial charge in [-0.3, -0.25) is 9.59 Å². The standard InChI is InChI=1S/C4H5NO3/c5-4(8)3(7)1-2-6/h1-2,6H,(H2,5,8)/b2-1+. The molecule has 0 aliphatic heterocycles. The van der Waals surface area contributed by atoms with Crippen molar-refractivity contribution >= 4 is 11.7 Å². The van der Waals surface area contributed by atoms with Crippen LogP contribution >= 0.6 is 0 Å². The fraction of sp³-hybridized carbons (Fsp3) is 0. The highest BCUT2D eigenvalue weighted by Gasteiger charge is 2.01. The number of rotatable bonds is 2. The van der Waals surface area contributed by atoms with Gasteiger partial charge in [-0.25, -0.2) is 0 Å². The first-order chi connectivity index (χ1) is 3.68. The second kappa shape index (κ2) is 2.79. The first kappa shape index (κ1) is 6.68. The van der Waals surface area contributed by atoms with Gasteiger partial charge in [0.2, 0.25) is 5.78 Å². The third kappa shape index (κ3) is 1.96. The molecule has 0 aromatic rings. The van der Waals surface area contributed by atoms with Crippen molar-refractivity contribution in [2.45, 2.75) is 0 Å². The molecule has 0 saturated heterocycles. The van der Waals surface area contributed by atoms with Gasteiger partial charge in [-0.1, -0.05) is 0 Å². The van der Waals surface area contributed by atoms with E-state index in [2.05, 4.69) is 5.73 Å². The largest absolute Gasteiger partial charge is 0.515 e. The Morgan fingerprint density at radius 2 is 2.00 bits per heavy atom. The van der Waals surface area contributed by atoms with E-state index in [0.29, 0.717) is 12.3 Å². The number of aliphatic hydroxyl groups is 1. The highest BCUT2D eigenvalue weighted by Crippen LogP contribution is 1.70. The molecule has 3 N–H and O–H groups in total. The van der Waals surface area contributed by atoms with Crippen LogP contribution in [0, 0.1) is 0 Å². The third-order valence-electron chi connectivity index (χ3n) is 0.469. The van der Waals surface area contributed by atoms with Gasteiger partial charge in [-0.2, -0.15) is 0 Å². The van der Waals surface area contributed by atoms with Crippen molar-refractivity contribution in [1.82, 2.24) is 0 Å². The van der Waals surface area contributed by atoms with E-state index < -0.39 is 11.7 Å². The molecule has 0 aromatic carbocycles. The molecule has 4 heteroatoms. The highest BCUT2D eigenvalue weighted by molar-refractivity contribution is 6.39. The lowest BCUT2D eigenvalue weighted by Gasteiger charge is -1.79. The van der Waals surface area contributed by atoms with Crippen molar-refractivity contribution < 1.29 is 14.7 Å². The lowest BCUT2D eigenvalue weighted by molar-refractivity contribution is -0.133. The molecular weight excluding hydrogens is 110 g/mol. The molecule has 0 aliphatic carbocycles. The number of amides is 1. The third-order valence-corrected chi connectivity index (χ3v) is 0.469. The SMILES string of the molecule is NC(=O)C(=O)/C=C/O. The molecule has 0 aromatic heterocycles. The van der Waals surface area contributed by atoms with Gasteiger partial charge in [0.05, 0.1) is 6.26 Å². The number of aliphatic hydroxyl groups excluding tert-OH is 1. The van der Waals surface area contributed by atoms with Gasteiger partial charge in [0, 0.05) is 6.08 Å². The lowest BCUT2D eigenvalue weighted by atomic mass is 10.4. The summed E-state index contributed by atoms with van der Waals surface area (Å²) in [4.78, 5) is 19.8. The molecule has 8 heavy (non-hydrogen) atoms. The Kier molecular flexibility index (Phi) is 2.33. The van der Waals surface area contributed by atoms with Crippen LogP contribution in [0.3, 0.4) is 0 Å². The number of nitrogens with two attached hydrogens (primary N) is 1. The Morgan fingerprint density at radius 3 is 2.12 bits per heavy atom. The van der Waals surface area contributed by atoms with Gasteiger partial charge in [0.15, 0.2) is 0 Å². The van der Waals surface area contributed by atoms with E-state index in [0.717, 1.165) is 0 Å². The highest BCUT2D eigenvalue weighted by atomic mass is 16.2. The summed E-state index contributed by atoms with van der Waals surface area (Å²) in [5.74, 6) is -1.98. The molecule has 1 amide bonds. The molecule has 0 spiro atoms. The molecule has 0 atom stereocenters. The van der Waals surface area contributed by atoms with Crippen molar-refractivity contribution in [3.05, 3.63) is 12.3 Å². The van der Waals surface area contributed by atoms with Crippen LogP contribution in [0.2, 0.25) is 0 Å². The first-order valence-electron chi connectivity index (χ1n) is 1.83. The van der Waals surface area contributed by atoms with Crippen molar-refractivity contribution in [3.8, 4) is 0 Å². The van der Waals surface area contributed by atoms with Crippen LogP contribution in [0.15, 0.2) is 12.3 Å². The number of hydrogen-bond donors (Lipinski definition) is 2. The van der Waals surface area contributed by atoms with Crippen LogP contribution < -0.4 is 5.73 Å². The Morgan fingerprint density at radius 1 is 1.50 bits per heavy atom. The van der Waals surface area contributed by atoms with E-state index in [9.17, 15) is 9.59 Å². The number of carbonyl (C=O) groups is 2. The summed E-state index contributed by atoms with van der Waals surface area (Å²) in [6.07, 6.45) is 1.15. The van der Waals surface area contributed by atoms with Crippen LogP contribution in [-0.2, 0) is 9.59 Å². The van der Waals surface area contributed by atoms with E-state index in [4.69, 9.17) is 5.11 Å². The van der Waals surface area contributed by atoms with Gasteiger partial charge >= 0.3 is 0 Å². The van der Waals surface area contributed by atoms with Crippen molar-refractivity contribution in [2.75, 3.05) is 0 Å². The minimum atomic E-state index is -1.07. The summed E-state index contributed by atoms with van der Waals surface area (Å²) in [7, 11) is 0. The maximum absolute atomic E-state index is 10.0. The zero-order chi connectivity index (χ0) is 6.57. The van der Waals surface area contributed by atoms with Gasteiger partial charge in [0.1, 0.15) is 0 Å². The van der Waals surface area contributed by atoms with Gasteiger partial charge in [-0.15, -0.1) is 0 Å². The summed E-state index contributed by atoms with van der Waals surface area (Å²) >= 11 is 0. The maximum atomic E-state index is 10.0. The molecule has 0 radical (unpaired) electrons. The quantitative estimate of drug-likeness (QED) is 0.278.